The van der Waals surface area contributed by atoms with Crippen LogP contribution < -0.4 is 10.5 Å². The van der Waals surface area contributed by atoms with Crippen molar-refractivity contribution in [3.05, 3.63) is 34.4 Å². The Labute approximate surface area is 125 Å². The van der Waals surface area contributed by atoms with Crippen LogP contribution in [0.15, 0.2) is 17.0 Å². The van der Waals surface area contributed by atoms with Crippen molar-refractivity contribution in [2.24, 2.45) is 0 Å². The highest BCUT2D eigenvalue weighted by Gasteiger charge is 2.23. The van der Waals surface area contributed by atoms with Gasteiger partial charge in [-0.25, -0.2) is 22.5 Å². The number of sulfonamides is 1. The number of nitrogen functional groups attached to an aromatic ring is 1. The number of anilines is 2. The van der Waals surface area contributed by atoms with E-state index in [0.29, 0.717) is 11.4 Å². The van der Waals surface area contributed by atoms with Gasteiger partial charge in [0.1, 0.15) is 4.90 Å². The zero-order valence-corrected chi connectivity index (χ0v) is 12.6. The SMILES string of the molecule is Cc1nnc(NS(=O)(=O)c2cc(N)cc(Cl)c2F)nc1C. The summed E-state index contributed by atoms with van der Waals surface area (Å²) in [5.41, 5.74) is 6.54. The zero-order chi connectivity index (χ0) is 15.8. The minimum Gasteiger partial charge on any atom is -0.399 e. The Morgan fingerprint density at radius 1 is 1.24 bits per heavy atom. The monoisotopic (exact) mass is 331 g/mol. The van der Waals surface area contributed by atoms with E-state index in [0.717, 1.165) is 12.1 Å². The number of aryl methyl sites for hydroxylation is 2. The van der Waals surface area contributed by atoms with Gasteiger partial charge in [0.05, 0.1) is 16.4 Å². The maximum Gasteiger partial charge on any atom is 0.267 e. The van der Waals surface area contributed by atoms with E-state index in [2.05, 4.69) is 15.2 Å². The van der Waals surface area contributed by atoms with Gasteiger partial charge in [-0.1, -0.05) is 11.6 Å². The van der Waals surface area contributed by atoms with Crippen molar-refractivity contribution in [2.75, 3.05) is 10.5 Å². The second-order valence-corrected chi connectivity index (χ2v) is 6.28. The van der Waals surface area contributed by atoms with Gasteiger partial charge in [0, 0.05) is 5.69 Å². The van der Waals surface area contributed by atoms with Crippen LogP contribution in [0.25, 0.3) is 0 Å². The molecule has 1 aromatic heterocycles. The molecule has 0 saturated carbocycles. The molecular weight excluding hydrogens is 321 g/mol. The maximum absolute atomic E-state index is 13.9. The molecule has 1 heterocycles. The van der Waals surface area contributed by atoms with Gasteiger partial charge in [0.15, 0.2) is 5.82 Å². The molecule has 7 nitrogen and oxygen atoms in total. The van der Waals surface area contributed by atoms with E-state index in [4.69, 9.17) is 17.3 Å². The largest absolute Gasteiger partial charge is 0.399 e. The summed E-state index contributed by atoms with van der Waals surface area (Å²) in [6, 6.07) is 2.07. The first-order valence-electron chi connectivity index (χ1n) is 5.66. The Bertz CT molecular complexity index is 813. The number of hydrogen-bond acceptors (Lipinski definition) is 6. The molecule has 0 fully saturated rings. The van der Waals surface area contributed by atoms with Crippen LogP contribution in [0.2, 0.25) is 5.02 Å². The second-order valence-electron chi connectivity index (χ2n) is 4.23. The Morgan fingerprint density at radius 2 is 1.90 bits per heavy atom. The van der Waals surface area contributed by atoms with Gasteiger partial charge in [-0.05, 0) is 26.0 Å². The van der Waals surface area contributed by atoms with Gasteiger partial charge in [0.2, 0.25) is 0 Å². The predicted molar refractivity (Wildman–Crippen MR) is 75.9 cm³/mol. The van der Waals surface area contributed by atoms with Crippen molar-refractivity contribution >= 4 is 33.3 Å². The second kappa shape index (κ2) is 5.41. The quantitative estimate of drug-likeness (QED) is 0.827. The maximum atomic E-state index is 13.9. The lowest BCUT2D eigenvalue weighted by molar-refractivity contribution is 0.570. The van der Waals surface area contributed by atoms with Crippen LogP contribution in [-0.4, -0.2) is 23.6 Å². The molecule has 3 N–H and O–H groups in total. The molecule has 0 aliphatic heterocycles. The van der Waals surface area contributed by atoms with Gasteiger partial charge < -0.3 is 5.73 Å². The fourth-order valence-corrected chi connectivity index (χ4v) is 2.81. The standard InChI is InChI=1S/C11H11ClFN5O2S/c1-5-6(2)16-17-11(15-5)18-21(19,20)9-4-7(14)3-8(12)10(9)13/h3-4H,14H2,1-2H3,(H,15,17,18). The fraction of sp³-hybridized carbons (Fsp3) is 0.182. The van der Waals surface area contributed by atoms with Crippen LogP contribution in [0.3, 0.4) is 0 Å². The Balaban J connectivity index is 2.45. The van der Waals surface area contributed by atoms with E-state index < -0.39 is 25.8 Å². The van der Waals surface area contributed by atoms with Crippen LogP contribution in [0, 0.1) is 19.7 Å². The molecule has 0 radical (unpaired) electrons. The van der Waals surface area contributed by atoms with E-state index in [9.17, 15) is 12.8 Å². The van der Waals surface area contributed by atoms with Crippen LogP contribution >= 0.6 is 11.6 Å². The van der Waals surface area contributed by atoms with Crippen molar-refractivity contribution in [2.45, 2.75) is 18.7 Å². The van der Waals surface area contributed by atoms with Crippen molar-refractivity contribution in [3.63, 3.8) is 0 Å². The average molecular weight is 332 g/mol. The minimum absolute atomic E-state index is 0.0147. The van der Waals surface area contributed by atoms with E-state index in [-0.39, 0.29) is 11.6 Å². The number of hydrogen-bond donors (Lipinski definition) is 2. The van der Waals surface area contributed by atoms with Gasteiger partial charge in [-0.3, -0.25) is 0 Å². The topological polar surface area (TPSA) is 111 Å². The van der Waals surface area contributed by atoms with Crippen LogP contribution in [0.1, 0.15) is 11.4 Å². The van der Waals surface area contributed by atoms with Crippen molar-refractivity contribution in [1.82, 2.24) is 15.2 Å². The number of nitrogens with one attached hydrogen (secondary N) is 1. The average Bonchev–Trinajstić information content (AvgIpc) is 2.37. The summed E-state index contributed by atoms with van der Waals surface area (Å²) < 4.78 is 40.2. The third kappa shape index (κ3) is 3.19. The first-order valence-corrected chi connectivity index (χ1v) is 7.52. The lowest BCUT2D eigenvalue weighted by atomic mass is 10.3. The molecule has 21 heavy (non-hydrogen) atoms. The van der Waals surface area contributed by atoms with Crippen molar-refractivity contribution < 1.29 is 12.8 Å². The summed E-state index contributed by atoms with van der Waals surface area (Å²) in [6.45, 7) is 3.31. The molecule has 0 amide bonds. The summed E-state index contributed by atoms with van der Waals surface area (Å²) in [5, 5.41) is 6.92. The predicted octanol–water partition coefficient (Wildman–Crippen LogP) is 1.66. The molecule has 0 unspecified atom stereocenters. The number of nitrogens with zero attached hydrogens (tertiary/aromatic N) is 3. The van der Waals surface area contributed by atoms with Gasteiger partial charge >= 0.3 is 0 Å². The molecule has 0 spiro atoms. The van der Waals surface area contributed by atoms with E-state index >= 15 is 0 Å². The number of rotatable bonds is 3. The third-order valence-corrected chi connectivity index (χ3v) is 4.23. The summed E-state index contributed by atoms with van der Waals surface area (Å²) in [4.78, 5) is 3.22. The van der Waals surface area contributed by atoms with Crippen molar-refractivity contribution in [1.29, 1.82) is 0 Å². The Hall–Kier alpha value is -2.00. The van der Waals surface area contributed by atoms with Crippen molar-refractivity contribution in [3.8, 4) is 0 Å². The fourth-order valence-electron chi connectivity index (χ4n) is 1.45. The number of halogens is 2. The molecule has 112 valence electrons. The molecule has 0 saturated heterocycles. The highest BCUT2D eigenvalue weighted by molar-refractivity contribution is 7.92. The summed E-state index contributed by atoms with van der Waals surface area (Å²) in [5.74, 6) is -1.37. The molecule has 0 aliphatic rings. The van der Waals surface area contributed by atoms with E-state index in [1.165, 1.54) is 0 Å². The smallest absolute Gasteiger partial charge is 0.267 e. The van der Waals surface area contributed by atoms with Crippen LogP contribution in [0.5, 0.6) is 0 Å². The molecule has 10 heteroatoms. The lowest BCUT2D eigenvalue weighted by Crippen LogP contribution is -2.18. The summed E-state index contributed by atoms with van der Waals surface area (Å²) in [7, 11) is -4.27. The molecule has 2 aromatic rings. The van der Waals surface area contributed by atoms with E-state index in [1.807, 2.05) is 4.72 Å². The zero-order valence-electron chi connectivity index (χ0n) is 11.1. The number of aromatic nitrogens is 3. The first kappa shape index (κ1) is 15.4. The van der Waals surface area contributed by atoms with Gasteiger partial charge in [-0.2, -0.15) is 5.10 Å². The highest BCUT2D eigenvalue weighted by Crippen LogP contribution is 2.26. The molecular formula is C11H11ClFN5O2S. The first-order chi connectivity index (χ1) is 9.70. The van der Waals surface area contributed by atoms with Gasteiger partial charge in [0.25, 0.3) is 16.0 Å². The summed E-state index contributed by atoms with van der Waals surface area (Å²) in [6.07, 6.45) is 0. The normalized spacial score (nSPS) is 11.4. The molecule has 0 atom stereocenters. The van der Waals surface area contributed by atoms with Crippen LogP contribution in [-0.2, 0) is 10.0 Å². The number of benzene rings is 1. The third-order valence-electron chi connectivity index (χ3n) is 2.62. The molecule has 0 aliphatic carbocycles. The minimum atomic E-state index is -4.27. The Kier molecular flexibility index (Phi) is 3.97. The van der Waals surface area contributed by atoms with Gasteiger partial charge in [-0.15, -0.1) is 5.10 Å². The molecule has 2 rings (SSSR count). The van der Waals surface area contributed by atoms with Crippen LogP contribution in [0.4, 0.5) is 16.0 Å². The Morgan fingerprint density at radius 3 is 2.52 bits per heavy atom. The molecule has 0 bridgehead atoms. The summed E-state index contributed by atoms with van der Waals surface area (Å²) >= 11 is 5.58. The highest BCUT2D eigenvalue weighted by atomic mass is 35.5. The van der Waals surface area contributed by atoms with E-state index in [1.54, 1.807) is 13.8 Å². The lowest BCUT2D eigenvalue weighted by Gasteiger charge is -2.09. The molecule has 1 aromatic carbocycles. The number of nitrogens with two attached hydrogens (primary N) is 1.